The predicted octanol–water partition coefficient (Wildman–Crippen LogP) is 2.47. The average Bonchev–Trinajstić information content (AvgIpc) is 2.58. The highest BCUT2D eigenvalue weighted by atomic mass is 15.3. The third kappa shape index (κ3) is 1.98. The molecular weight excluding hydrogens is 210 g/mol. The molecule has 0 spiro atoms. The molecule has 0 saturated carbocycles. The topological polar surface area (TPSA) is 43.8 Å². The van der Waals surface area contributed by atoms with E-state index in [9.17, 15) is 0 Å². The summed E-state index contributed by atoms with van der Waals surface area (Å²) >= 11 is 0. The van der Waals surface area contributed by atoms with Crippen molar-refractivity contribution in [3.05, 3.63) is 40.6 Å². The number of aromatic nitrogens is 2. The van der Waals surface area contributed by atoms with Crippen molar-refractivity contribution in [2.45, 2.75) is 27.3 Å². The molecule has 1 heterocycles. The van der Waals surface area contributed by atoms with Gasteiger partial charge in [-0.2, -0.15) is 5.10 Å². The van der Waals surface area contributed by atoms with Crippen molar-refractivity contribution in [2.24, 2.45) is 12.8 Å². The third-order valence-electron chi connectivity index (χ3n) is 3.40. The van der Waals surface area contributed by atoms with E-state index >= 15 is 0 Å². The third-order valence-corrected chi connectivity index (χ3v) is 3.40. The Hall–Kier alpha value is -1.61. The smallest absolute Gasteiger partial charge is 0.0955 e. The molecule has 0 radical (unpaired) electrons. The quantitative estimate of drug-likeness (QED) is 0.859. The van der Waals surface area contributed by atoms with Crippen LogP contribution in [-0.2, 0) is 13.6 Å². The lowest BCUT2D eigenvalue weighted by molar-refractivity contribution is 0.712. The lowest BCUT2D eigenvalue weighted by Crippen LogP contribution is -2.05. The fraction of sp³-hybridized carbons (Fsp3) is 0.357. The maximum Gasteiger partial charge on any atom is 0.0955 e. The molecule has 1 aromatic carbocycles. The predicted molar refractivity (Wildman–Crippen MR) is 70.7 cm³/mol. The van der Waals surface area contributed by atoms with E-state index in [1.165, 1.54) is 22.3 Å². The molecule has 0 unspecified atom stereocenters. The van der Waals surface area contributed by atoms with E-state index in [0.29, 0.717) is 6.54 Å². The summed E-state index contributed by atoms with van der Waals surface area (Å²) < 4.78 is 1.87. The van der Waals surface area contributed by atoms with Gasteiger partial charge < -0.3 is 5.73 Å². The molecule has 2 rings (SSSR count). The first-order chi connectivity index (χ1) is 8.04. The van der Waals surface area contributed by atoms with Gasteiger partial charge in [0.2, 0.25) is 0 Å². The van der Waals surface area contributed by atoms with Gasteiger partial charge in [0.05, 0.1) is 11.4 Å². The van der Waals surface area contributed by atoms with E-state index in [1.807, 2.05) is 11.7 Å². The molecule has 0 aliphatic rings. The highest BCUT2D eigenvalue weighted by Crippen LogP contribution is 2.25. The van der Waals surface area contributed by atoms with Gasteiger partial charge in [0.25, 0.3) is 0 Å². The molecule has 0 aliphatic carbocycles. The Kier molecular flexibility index (Phi) is 3.03. The molecule has 1 aromatic heterocycles. The minimum atomic E-state index is 0.528. The molecule has 2 aromatic rings. The van der Waals surface area contributed by atoms with Crippen molar-refractivity contribution in [2.75, 3.05) is 0 Å². The van der Waals surface area contributed by atoms with Crippen LogP contribution in [0.2, 0.25) is 0 Å². The van der Waals surface area contributed by atoms with Gasteiger partial charge in [-0.25, -0.2) is 0 Å². The minimum absolute atomic E-state index is 0.528. The molecule has 2 N–H and O–H groups in total. The van der Waals surface area contributed by atoms with Crippen molar-refractivity contribution in [3.63, 3.8) is 0 Å². The van der Waals surface area contributed by atoms with Crippen molar-refractivity contribution in [3.8, 4) is 11.3 Å². The first kappa shape index (κ1) is 11.9. The zero-order valence-corrected chi connectivity index (χ0v) is 10.9. The van der Waals surface area contributed by atoms with E-state index < -0.39 is 0 Å². The van der Waals surface area contributed by atoms with Gasteiger partial charge in [-0.3, -0.25) is 4.68 Å². The van der Waals surface area contributed by atoms with Crippen LogP contribution in [0.3, 0.4) is 0 Å². The van der Waals surface area contributed by atoms with Gasteiger partial charge in [-0.1, -0.05) is 12.1 Å². The van der Waals surface area contributed by atoms with Gasteiger partial charge in [0.15, 0.2) is 0 Å². The monoisotopic (exact) mass is 229 g/mol. The zero-order valence-electron chi connectivity index (χ0n) is 10.9. The van der Waals surface area contributed by atoms with Crippen molar-refractivity contribution < 1.29 is 0 Å². The summed E-state index contributed by atoms with van der Waals surface area (Å²) in [4.78, 5) is 0. The lowest BCUT2D eigenvalue weighted by Gasteiger charge is -2.03. The Balaban J connectivity index is 2.57. The number of hydrogen-bond donors (Lipinski definition) is 1. The second kappa shape index (κ2) is 4.34. The molecule has 0 amide bonds. The Morgan fingerprint density at radius 1 is 1.18 bits per heavy atom. The molecule has 3 heteroatoms. The van der Waals surface area contributed by atoms with Gasteiger partial charge in [0.1, 0.15) is 0 Å². The average molecular weight is 229 g/mol. The highest BCUT2D eigenvalue weighted by Gasteiger charge is 2.12. The summed E-state index contributed by atoms with van der Waals surface area (Å²) in [5.74, 6) is 0. The maximum atomic E-state index is 5.74. The van der Waals surface area contributed by atoms with E-state index in [2.05, 4.69) is 44.1 Å². The van der Waals surface area contributed by atoms with Crippen molar-refractivity contribution in [1.82, 2.24) is 9.78 Å². The highest BCUT2D eigenvalue weighted by molar-refractivity contribution is 5.65. The van der Waals surface area contributed by atoms with Gasteiger partial charge in [-0.05, 0) is 43.5 Å². The first-order valence-corrected chi connectivity index (χ1v) is 5.84. The molecule has 90 valence electrons. The Labute approximate surface area is 102 Å². The molecule has 0 bridgehead atoms. The molecule has 0 aliphatic heterocycles. The number of benzene rings is 1. The van der Waals surface area contributed by atoms with Crippen LogP contribution in [0.5, 0.6) is 0 Å². The standard InChI is InChI=1S/C14H19N3/c1-9-5-6-12(7-10(9)2)14-11(3)13(8-15)17(4)16-14/h5-7H,8,15H2,1-4H3. The minimum Gasteiger partial charge on any atom is -0.325 e. The Morgan fingerprint density at radius 3 is 2.41 bits per heavy atom. The number of nitrogens with two attached hydrogens (primary N) is 1. The summed E-state index contributed by atoms with van der Waals surface area (Å²) in [5, 5.41) is 4.56. The zero-order chi connectivity index (χ0) is 12.6. The SMILES string of the molecule is Cc1ccc(-c2nn(C)c(CN)c2C)cc1C. The summed E-state index contributed by atoms with van der Waals surface area (Å²) in [5.41, 5.74) is 12.8. The van der Waals surface area contributed by atoms with Crippen LogP contribution in [0.15, 0.2) is 18.2 Å². The fourth-order valence-electron chi connectivity index (χ4n) is 2.11. The Morgan fingerprint density at radius 2 is 1.88 bits per heavy atom. The molecule has 17 heavy (non-hydrogen) atoms. The summed E-state index contributed by atoms with van der Waals surface area (Å²) in [6, 6.07) is 6.45. The molecular formula is C14H19N3. The lowest BCUT2D eigenvalue weighted by atomic mass is 10.0. The normalized spacial score (nSPS) is 10.9. The summed E-state index contributed by atoms with van der Waals surface area (Å²) in [6.07, 6.45) is 0. The Bertz CT molecular complexity index is 553. The number of nitrogens with zero attached hydrogens (tertiary/aromatic N) is 2. The van der Waals surface area contributed by atoms with Crippen molar-refractivity contribution >= 4 is 0 Å². The summed E-state index contributed by atoms with van der Waals surface area (Å²) in [6.45, 7) is 6.86. The molecule has 0 atom stereocenters. The first-order valence-electron chi connectivity index (χ1n) is 5.84. The number of aryl methyl sites for hydroxylation is 3. The number of rotatable bonds is 2. The van der Waals surface area contributed by atoms with Gasteiger partial charge >= 0.3 is 0 Å². The second-order valence-electron chi connectivity index (χ2n) is 4.55. The molecule has 0 saturated heterocycles. The maximum absolute atomic E-state index is 5.74. The molecule has 3 nitrogen and oxygen atoms in total. The second-order valence-corrected chi connectivity index (χ2v) is 4.55. The van der Waals surface area contributed by atoms with Crippen LogP contribution in [-0.4, -0.2) is 9.78 Å². The van der Waals surface area contributed by atoms with E-state index in [1.54, 1.807) is 0 Å². The van der Waals surface area contributed by atoms with Crippen LogP contribution in [0, 0.1) is 20.8 Å². The van der Waals surface area contributed by atoms with Crippen LogP contribution in [0.4, 0.5) is 0 Å². The van der Waals surface area contributed by atoms with E-state index in [4.69, 9.17) is 5.73 Å². The van der Waals surface area contributed by atoms with Crippen LogP contribution in [0.1, 0.15) is 22.4 Å². The van der Waals surface area contributed by atoms with Gasteiger partial charge in [-0.15, -0.1) is 0 Å². The number of hydrogen-bond acceptors (Lipinski definition) is 2. The van der Waals surface area contributed by atoms with Crippen LogP contribution >= 0.6 is 0 Å². The van der Waals surface area contributed by atoms with Crippen molar-refractivity contribution in [1.29, 1.82) is 0 Å². The largest absolute Gasteiger partial charge is 0.325 e. The van der Waals surface area contributed by atoms with E-state index in [-0.39, 0.29) is 0 Å². The van der Waals surface area contributed by atoms with Gasteiger partial charge in [0, 0.05) is 19.2 Å². The van der Waals surface area contributed by atoms with Crippen LogP contribution in [0.25, 0.3) is 11.3 Å². The van der Waals surface area contributed by atoms with Crippen LogP contribution < -0.4 is 5.73 Å². The molecule has 0 fully saturated rings. The van der Waals surface area contributed by atoms with E-state index in [0.717, 1.165) is 11.4 Å². The fourth-order valence-corrected chi connectivity index (χ4v) is 2.11. The summed E-state index contributed by atoms with van der Waals surface area (Å²) in [7, 11) is 1.94.